The molecule has 0 atom stereocenters. The van der Waals surface area contributed by atoms with Gasteiger partial charge in [-0.1, -0.05) is 26.0 Å². The maximum Gasteiger partial charge on any atom is 0.115 e. The van der Waals surface area contributed by atoms with Crippen molar-refractivity contribution in [1.29, 1.82) is 0 Å². The fraction of sp³-hybridized carbons (Fsp3) is 0.538. The van der Waals surface area contributed by atoms with E-state index in [9.17, 15) is 5.11 Å². The van der Waals surface area contributed by atoms with Crippen molar-refractivity contribution in [3.8, 4) is 5.75 Å². The molecule has 1 aromatic carbocycles. The first-order chi connectivity index (χ1) is 7.58. The molecule has 2 N–H and O–H groups in total. The van der Waals surface area contributed by atoms with E-state index in [1.54, 1.807) is 6.07 Å². The zero-order valence-electron chi connectivity index (χ0n) is 10.4. The lowest BCUT2D eigenvalue weighted by Crippen LogP contribution is -2.32. The van der Waals surface area contributed by atoms with Gasteiger partial charge in [-0.25, -0.2) is 0 Å². The Kier molecular flexibility index (Phi) is 5.29. The Balaban J connectivity index is 2.31. The standard InChI is InChI=1S/C13H22N2O/c1-11(2)14-7-8-15(3)10-12-5-4-6-13(16)9-12/h4-6,9,11,14,16H,7-8,10H2,1-3H3. The quantitative estimate of drug-likeness (QED) is 0.770. The van der Waals surface area contributed by atoms with Crippen LogP contribution in [-0.2, 0) is 6.54 Å². The van der Waals surface area contributed by atoms with Crippen LogP contribution in [0.3, 0.4) is 0 Å². The lowest BCUT2D eigenvalue weighted by atomic mass is 10.2. The molecule has 0 saturated carbocycles. The zero-order valence-corrected chi connectivity index (χ0v) is 10.4. The van der Waals surface area contributed by atoms with Crippen LogP contribution in [-0.4, -0.2) is 36.2 Å². The minimum atomic E-state index is 0.339. The number of hydrogen-bond donors (Lipinski definition) is 2. The first kappa shape index (κ1) is 13.0. The highest BCUT2D eigenvalue weighted by atomic mass is 16.3. The summed E-state index contributed by atoms with van der Waals surface area (Å²) in [6, 6.07) is 7.96. The monoisotopic (exact) mass is 222 g/mol. The normalized spacial score (nSPS) is 11.3. The van der Waals surface area contributed by atoms with E-state index in [4.69, 9.17) is 0 Å². The van der Waals surface area contributed by atoms with Crippen molar-refractivity contribution in [2.45, 2.75) is 26.4 Å². The SMILES string of the molecule is CC(C)NCCN(C)Cc1cccc(O)c1. The van der Waals surface area contributed by atoms with E-state index in [2.05, 4.69) is 31.1 Å². The van der Waals surface area contributed by atoms with Gasteiger partial charge in [0.15, 0.2) is 0 Å². The molecule has 0 aliphatic heterocycles. The van der Waals surface area contributed by atoms with Crippen LogP contribution >= 0.6 is 0 Å². The first-order valence-corrected chi connectivity index (χ1v) is 5.78. The molecule has 0 saturated heterocycles. The predicted molar refractivity (Wildman–Crippen MR) is 67.6 cm³/mol. The number of likely N-dealkylation sites (N-methyl/N-ethyl adjacent to an activating group) is 1. The highest BCUT2D eigenvalue weighted by Crippen LogP contribution is 2.11. The van der Waals surface area contributed by atoms with Crippen LogP contribution in [0.2, 0.25) is 0 Å². The number of nitrogens with one attached hydrogen (secondary N) is 1. The zero-order chi connectivity index (χ0) is 12.0. The van der Waals surface area contributed by atoms with Gasteiger partial charge in [-0.15, -0.1) is 0 Å². The third kappa shape index (κ3) is 5.14. The number of aromatic hydroxyl groups is 1. The van der Waals surface area contributed by atoms with Gasteiger partial charge >= 0.3 is 0 Å². The molecule has 3 nitrogen and oxygen atoms in total. The molecule has 0 unspecified atom stereocenters. The number of phenols is 1. The Labute approximate surface area is 98.1 Å². The fourth-order valence-corrected chi connectivity index (χ4v) is 1.59. The number of hydrogen-bond acceptors (Lipinski definition) is 3. The van der Waals surface area contributed by atoms with Crippen molar-refractivity contribution in [2.24, 2.45) is 0 Å². The Morgan fingerprint density at radius 1 is 1.38 bits per heavy atom. The summed E-state index contributed by atoms with van der Waals surface area (Å²) in [5.41, 5.74) is 1.15. The molecule has 90 valence electrons. The molecular weight excluding hydrogens is 200 g/mol. The second kappa shape index (κ2) is 6.51. The molecule has 3 heteroatoms. The maximum atomic E-state index is 9.34. The third-order valence-corrected chi connectivity index (χ3v) is 2.41. The molecule has 0 aliphatic rings. The second-order valence-corrected chi connectivity index (χ2v) is 4.52. The lowest BCUT2D eigenvalue weighted by Gasteiger charge is -2.18. The molecule has 0 fully saturated rings. The van der Waals surface area contributed by atoms with Crippen LogP contribution in [0, 0.1) is 0 Å². The van der Waals surface area contributed by atoms with E-state index in [1.165, 1.54) is 0 Å². The summed E-state index contributed by atoms with van der Waals surface area (Å²) in [5.74, 6) is 0.339. The van der Waals surface area contributed by atoms with Gasteiger partial charge in [0.25, 0.3) is 0 Å². The molecule has 16 heavy (non-hydrogen) atoms. The number of benzene rings is 1. The Morgan fingerprint density at radius 2 is 2.12 bits per heavy atom. The van der Waals surface area contributed by atoms with Crippen LogP contribution in [0.5, 0.6) is 5.75 Å². The van der Waals surface area contributed by atoms with E-state index in [-0.39, 0.29) is 0 Å². The van der Waals surface area contributed by atoms with Crippen molar-refractivity contribution in [1.82, 2.24) is 10.2 Å². The van der Waals surface area contributed by atoms with E-state index < -0.39 is 0 Å². The summed E-state index contributed by atoms with van der Waals surface area (Å²) in [5, 5.41) is 12.7. The van der Waals surface area contributed by atoms with Crippen molar-refractivity contribution in [2.75, 3.05) is 20.1 Å². The summed E-state index contributed by atoms with van der Waals surface area (Å²) in [6.07, 6.45) is 0. The molecule has 0 amide bonds. The summed E-state index contributed by atoms with van der Waals surface area (Å²) in [7, 11) is 2.09. The van der Waals surface area contributed by atoms with Gasteiger partial charge in [-0.2, -0.15) is 0 Å². The minimum Gasteiger partial charge on any atom is -0.508 e. The number of rotatable bonds is 6. The highest BCUT2D eigenvalue weighted by molar-refractivity contribution is 5.26. The molecular formula is C13H22N2O. The summed E-state index contributed by atoms with van der Waals surface area (Å²) in [6.45, 7) is 7.17. The summed E-state index contributed by atoms with van der Waals surface area (Å²) in [4.78, 5) is 2.24. The number of nitrogens with zero attached hydrogens (tertiary/aromatic N) is 1. The maximum absolute atomic E-state index is 9.34. The van der Waals surface area contributed by atoms with Crippen LogP contribution in [0.15, 0.2) is 24.3 Å². The largest absolute Gasteiger partial charge is 0.508 e. The van der Waals surface area contributed by atoms with Gasteiger partial charge in [0, 0.05) is 25.7 Å². The van der Waals surface area contributed by atoms with Gasteiger partial charge in [0.2, 0.25) is 0 Å². The minimum absolute atomic E-state index is 0.339. The molecule has 1 rings (SSSR count). The smallest absolute Gasteiger partial charge is 0.115 e. The molecule has 0 spiro atoms. The molecule has 0 bridgehead atoms. The summed E-state index contributed by atoms with van der Waals surface area (Å²) < 4.78 is 0. The predicted octanol–water partition coefficient (Wildman–Crippen LogP) is 1.82. The topological polar surface area (TPSA) is 35.5 Å². The fourth-order valence-electron chi connectivity index (χ4n) is 1.59. The van der Waals surface area contributed by atoms with Crippen LogP contribution in [0.1, 0.15) is 19.4 Å². The van der Waals surface area contributed by atoms with Gasteiger partial charge < -0.3 is 15.3 Å². The molecule has 1 aromatic rings. The van der Waals surface area contributed by atoms with Gasteiger partial charge in [0.05, 0.1) is 0 Å². The van der Waals surface area contributed by atoms with E-state index in [0.717, 1.165) is 25.2 Å². The molecule has 0 aromatic heterocycles. The van der Waals surface area contributed by atoms with E-state index in [0.29, 0.717) is 11.8 Å². The van der Waals surface area contributed by atoms with E-state index >= 15 is 0 Å². The molecule has 0 aliphatic carbocycles. The lowest BCUT2D eigenvalue weighted by molar-refractivity contribution is 0.319. The van der Waals surface area contributed by atoms with Gasteiger partial charge in [-0.3, -0.25) is 0 Å². The van der Waals surface area contributed by atoms with Crippen molar-refractivity contribution >= 4 is 0 Å². The Hall–Kier alpha value is -1.06. The average Bonchev–Trinajstić information content (AvgIpc) is 2.16. The molecule has 0 heterocycles. The Bertz CT molecular complexity index is 313. The summed E-state index contributed by atoms with van der Waals surface area (Å²) >= 11 is 0. The van der Waals surface area contributed by atoms with Crippen molar-refractivity contribution < 1.29 is 5.11 Å². The van der Waals surface area contributed by atoms with Crippen molar-refractivity contribution in [3.63, 3.8) is 0 Å². The third-order valence-electron chi connectivity index (χ3n) is 2.41. The Morgan fingerprint density at radius 3 is 2.75 bits per heavy atom. The van der Waals surface area contributed by atoms with Crippen molar-refractivity contribution in [3.05, 3.63) is 29.8 Å². The van der Waals surface area contributed by atoms with Crippen LogP contribution in [0.4, 0.5) is 0 Å². The highest BCUT2D eigenvalue weighted by Gasteiger charge is 2.01. The van der Waals surface area contributed by atoms with Crippen LogP contribution in [0.25, 0.3) is 0 Å². The number of phenolic OH excluding ortho intramolecular Hbond substituents is 1. The second-order valence-electron chi connectivity index (χ2n) is 4.52. The van der Waals surface area contributed by atoms with Gasteiger partial charge in [0.1, 0.15) is 5.75 Å². The van der Waals surface area contributed by atoms with Crippen LogP contribution < -0.4 is 5.32 Å². The first-order valence-electron chi connectivity index (χ1n) is 5.78. The molecule has 0 radical (unpaired) electrons. The van der Waals surface area contributed by atoms with Gasteiger partial charge in [-0.05, 0) is 24.7 Å². The van der Waals surface area contributed by atoms with E-state index in [1.807, 2.05) is 18.2 Å². The average molecular weight is 222 g/mol.